The molecule has 7 heteroatoms. The van der Waals surface area contributed by atoms with Crippen molar-refractivity contribution in [3.05, 3.63) is 63.2 Å². The zero-order chi connectivity index (χ0) is 16.5. The largest absolute Gasteiger partial charge is 0.379 e. The van der Waals surface area contributed by atoms with Gasteiger partial charge in [0.2, 0.25) is 0 Å². The number of nitrogens with zero attached hydrogens (tertiary/aromatic N) is 1. The van der Waals surface area contributed by atoms with Gasteiger partial charge < -0.3 is 4.18 Å². The third kappa shape index (κ3) is 3.25. The van der Waals surface area contributed by atoms with Crippen LogP contribution in [-0.2, 0) is 10.1 Å². The summed E-state index contributed by atoms with van der Waals surface area (Å²) < 4.78 is 29.6. The molecule has 0 fully saturated rings. The van der Waals surface area contributed by atoms with E-state index < -0.39 is 15.0 Å². The number of hydrogen-bond acceptors (Lipinski definition) is 5. The van der Waals surface area contributed by atoms with Crippen LogP contribution in [0.2, 0.25) is 0 Å². The van der Waals surface area contributed by atoms with Gasteiger partial charge in [0.25, 0.3) is 5.69 Å². The van der Waals surface area contributed by atoms with Gasteiger partial charge in [-0.1, -0.05) is 17.7 Å². The number of hydrogen-bond donors (Lipinski definition) is 0. The minimum Gasteiger partial charge on any atom is -0.379 e. The third-order valence-electron chi connectivity index (χ3n) is 3.20. The van der Waals surface area contributed by atoms with E-state index in [0.717, 1.165) is 5.56 Å². The zero-order valence-corrected chi connectivity index (χ0v) is 13.2. The highest BCUT2D eigenvalue weighted by Crippen LogP contribution is 2.29. The maximum Gasteiger partial charge on any atom is 0.339 e. The Kier molecular flexibility index (Phi) is 4.18. The fourth-order valence-electron chi connectivity index (χ4n) is 1.93. The van der Waals surface area contributed by atoms with Crippen LogP contribution in [0, 0.1) is 30.9 Å². The van der Waals surface area contributed by atoms with Crippen LogP contribution in [0.25, 0.3) is 0 Å². The van der Waals surface area contributed by atoms with Crippen LogP contribution < -0.4 is 4.18 Å². The molecule has 22 heavy (non-hydrogen) atoms. The Hall–Kier alpha value is -2.41. The first kappa shape index (κ1) is 16.0. The van der Waals surface area contributed by atoms with Gasteiger partial charge in [-0.25, -0.2) is 0 Å². The number of benzene rings is 2. The molecule has 0 unspecified atom stereocenters. The van der Waals surface area contributed by atoms with E-state index in [9.17, 15) is 18.5 Å². The molecule has 0 aliphatic carbocycles. The molecule has 0 aromatic heterocycles. The lowest BCUT2D eigenvalue weighted by Gasteiger charge is -2.10. The molecule has 0 aliphatic heterocycles. The minimum atomic E-state index is -3.97. The van der Waals surface area contributed by atoms with Gasteiger partial charge in [0.05, 0.1) is 4.92 Å². The van der Waals surface area contributed by atoms with E-state index in [2.05, 4.69) is 0 Å². The lowest BCUT2D eigenvalue weighted by atomic mass is 10.1. The molecular formula is C15H15NO5S. The Balaban J connectivity index is 2.40. The number of nitro benzene ring substituents is 1. The summed E-state index contributed by atoms with van der Waals surface area (Å²) in [5.74, 6) is 0.0867. The SMILES string of the molecule is Cc1ccc(S(=O)(=O)Oc2cc(C)c([N+](=O)[O-])cc2C)cc1. The molecule has 0 spiro atoms. The van der Waals surface area contributed by atoms with Crippen LogP contribution in [-0.4, -0.2) is 13.3 Å². The van der Waals surface area contributed by atoms with Gasteiger partial charge in [0.1, 0.15) is 10.6 Å². The lowest BCUT2D eigenvalue weighted by Crippen LogP contribution is -2.11. The molecule has 0 saturated heterocycles. The molecule has 0 bridgehead atoms. The topological polar surface area (TPSA) is 86.5 Å². The summed E-state index contributed by atoms with van der Waals surface area (Å²) in [6.45, 7) is 4.94. The molecule has 0 radical (unpaired) electrons. The fourth-order valence-corrected chi connectivity index (χ4v) is 2.91. The Morgan fingerprint density at radius 1 is 1.00 bits per heavy atom. The van der Waals surface area contributed by atoms with Crippen molar-refractivity contribution in [2.45, 2.75) is 25.7 Å². The molecule has 0 saturated carbocycles. The summed E-state index contributed by atoms with van der Waals surface area (Å²) in [4.78, 5) is 10.4. The smallest absolute Gasteiger partial charge is 0.339 e. The molecule has 6 nitrogen and oxygen atoms in total. The first-order valence-electron chi connectivity index (χ1n) is 6.47. The summed E-state index contributed by atoms with van der Waals surface area (Å²) in [7, 11) is -3.97. The van der Waals surface area contributed by atoms with Crippen molar-refractivity contribution in [3.63, 3.8) is 0 Å². The predicted molar refractivity (Wildman–Crippen MR) is 81.6 cm³/mol. The van der Waals surface area contributed by atoms with E-state index in [0.29, 0.717) is 11.1 Å². The van der Waals surface area contributed by atoms with Crippen molar-refractivity contribution in [1.29, 1.82) is 0 Å². The van der Waals surface area contributed by atoms with Gasteiger partial charge in [0, 0.05) is 11.6 Å². The molecule has 2 aromatic carbocycles. The average molecular weight is 321 g/mol. The normalized spacial score (nSPS) is 11.2. The van der Waals surface area contributed by atoms with E-state index in [1.165, 1.54) is 31.2 Å². The quantitative estimate of drug-likeness (QED) is 0.490. The van der Waals surface area contributed by atoms with E-state index >= 15 is 0 Å². The summed E-state index contributed by atoms with van der Waals surface area (Å²) >= 11 is 0. The molecule has 116 valence electrons. The fraction of sp³-hybridized carbons (Fsp3) is 0.200. The van der Waals surface area contributed by atoms with Crippen molar-refractivity contribution in [1.82, 2.24) is 0 Å². The molecule has 2 rings (SSSR count). The Bertz CT molecular complexity index is 826. The van der Waals surface area contributed by atoms with Crippen LogP contribution in [0.4, 0.5) is 5.69 Å². The van der Waals surface area contributed by atoms with Crippen molar-refractivity contribution < 1.29 is 17.5 Å². The van der Waals surface area contributed by atoms with E-state index in [1.807, 2.05) is 6.92 Å². The van der Waals surface area contributed by atoms with Crippen LogP contribution >= 0.6 is 0 Å². The van der Waals surface area contributed by atoms with Crippen LogP contribution in [0.5, 0.6) is 5.75 Å². The Labute approximate surface area is 128 Å². The van der Waals surface area contributed by atoms with Crippen molar-refractivity contribution in [2.24, 2.45) is 0 Å². The van der Waals surface area contributed by atoms with Gasteiger partial charge in [-0.3, -0.25) is 10.1 Å². The number of rotatable bonds is 4. The minimum absolute atomic E-state index is 0.0357. The van der Waals surface area contributed by atoms with Crippen molar-refractivity contribution in [3.8, 4) is 5.75 Å². The van der Waals surface area contributed by atoms with Crippen molar-refractivity contribution in [2.75, 3.05) is 0 Å². The van der Waals surface area contributed by atoms with Crippen molar-refractivity contribution >= 4 is 15.8 Å². The highest BCUT2D eigenvalue weighted by atomic mass is 32.2. The third-order valence-corrected chi connectivity index (χ3v) is 4.45. The highest BCUT2D eigenvalue weighted by Gasteiger charge is 2.20. The first-order chi connectivity index (χ1) is 10.2. The summed E-state index contributed by atoms with van der Waals surface area (Å²) in [5, 5.41) is 10.9. The molecule has 0 heterocycles. The highest BCUT2D eigenvalue weighted by molar-refractivity contribution is 7.87. The van der Waals surface area contributed by atoms with Crippen LogP contribution in [0.15, 0.2) is 41.3 Å². The summed E-state index contributed by atoms with van der Waals surface area (Å²) in [5.41, 5.74) is 1.58. The lowest BCUT2D eigenvalue weighted by molar-refractivity contribution is -0.385. The second kappa shape index (κ2) is 5.76. The number of nitro groups is 1. The van der Waals surface area contributed by atoms with Gasteiger partial charge in [0.15, 0.2) is 0 Å². The molecule has 0 amide bonds. The van der Waals surface area contributed by atoms with E-state index in [1.54, 1.807) is 19.1 Å². The second-order valence-corrected chi connectivity index (χ2v) is 6.56. The monoisotopic (exact) mass is 321 g/mol. The predicted octanol–water partition coefficient (Wildman–Crippen LogP) is 3.29. The molecule has 2 aromatic rings. The van der Waals surface area contributed by atoms with Crippen LogP contribution in [0.1, 0.15) is 16.7 Å². The van der Waals surface area contributed by atoms with Gasteiger partial charge in [-0.2, -0.15) is 8.42 Å². The van der Waals surface area contributed by atoms with Gasteiger partial charge in [-0.15, -0.1) is 0 Å². The van der Waals surface area contributed by atoms with Gasteiger partial charge >= 0.3 is 10.1 Å². The average Bonchev–Trinajstić information content (AvgIpc) is 2.42. The summed E-state index contributed by atoms with van der Waals surface area (Å²) in [6, 6.07) is 8.92. The zero-order valence-electron chi connectivity index (χ0n) is 12.4. The Morgan fingerprint density at radius 3 is 2.14 bits per heavy atom. The molecule has 0 atom stereocenters. The number of aryl methyl sites for hydroxylation is 3. The van der Waals surface area contributed by atoms with Crippen LogP contribution in [0.3, 0.4) is 0 Å². The molecule has 0 aliphatic rings. The van der Waals surface area contributed by atoms with Gasteiger partial charge in [-0.05, 0) is 44.5 Å². The summed E-state index contributed by atoms with van der Waals surface area (Å²) in [6.07, 6.45) is 0. The van der Waals surface area contributed by atoms with E-state index in [-0.39, 0.29) is 16.3 Å². The first-order valence-corrected chi connectivity index (χ1v) is 7.88. The maximum absolute atomic E-state index is 12.2. The second-order valence-electron chi connectivity index (χ2n) is 5.01. The van der Waals surface area contributed by atoms with E-state index in [4.69, 9.17) is 4.18 Å². The standard InChI is InChI=1S/C15H15NO5S/c1-10-4-6-13(7-5-10)22(19,20)21-15-9-11(2)14(16(17)18)8-12(15)3/h4-9H,1-3H3. The Morgan fingerprint density at radius 2 is 1.59 bits per heavy atom. The maximum atomic E-state index is 12.2. The molecular weight excluding hydrogens is 306 g/mol. The molecule has 0 N–H and O–H groups in total.